The van der Waals surface area contributed by atoms with Crippen molar-refractivity contribution in [3.05, 3.63) is 90.8 Å². The number of piperazine rings is 1. The normalized spacial score (nSPS) is 14.0. The zero-order valence-corrected chi connectivity index (χ0v) is 19.8. The van der Waals surface area contributed by atoms with Crippen molar-refractivity contribution in [3.8, 4) is 5.75 Å². The van der Waals surface area contributed by atoms with E-state index in [9.17, 15) is 0 Å². The summed E-state index contributed by atoms with van der Waals surface area (Å²) in [6, 6.07) is 28.3. The third-order valence-corrected chi connectivity index (χ3v) is 6.09. The molecule has 0 bridgehead atoms. The van der Waals surface area contributed by atoms with Crippen molar-refractivity contribution in [2.24, 2.45) is 0 Å². The molecule has 8 heteroatoms. The quantitative estimate of drug-likeness (QED) is 0.432. The predicted octanol–water partition coefficient (Wildman–Crippen LogP) is 4.25. The molecule has 1 aliphatic heterocycles. The van der Waals surface area contributed by atoms with Crippen molar-refractivity contribution in [2.75, 3.05) is 48.8 Å². The van der Waals surface area contributed by atoms with Gasteiger partial charge < -0.3 is 15.4 Å². The van der Waals surface area contributed by atoms with Crippen LogP contribution in [0.4, 0.5) is 29.0 Å². The molecule has 178 valence electrons. The molecular weight excluding hydrogens is 438 g/mol. The number of para-hydroxylation sites is 2. The molecule has 5 rings (SSSR count). The molecule has 1 saturated heterocycles. The number of nitrogens with two attached hydrogens (primary N) is 1. The highest BCUT2D eigenvalue weighted by atomic mass is 16.5. The van der Waals surface area contributed by atoms with Gasteiger partial charge in [0.25, 0.3) is 0 Å². The van der Waals surface area contributed by atoms with E-state index in [1.54, 1.807) is 7.11 Å². The first kappa shape index (κ1) is 22.6. The van der Waals surface area contributed by atoms with Crippen LogP contribution in [-0.4, -0.2) is 53.1 Å². The van der Waals surface area contributed by atoms with Gasteiger partial charge in [0.1, 0.15) is 11.6 Å². The summed E-state index contributed by atoms with van der Waals surface area (Å²) >= 11 is 0. The summed E-state index contributed by atoms with van der Waals surface area (Å²) in [5, 5.41) is 0. The van der Waals surface area contributed by atoms with E-state index in [0.717, 1.165) is 43.3 Å². The number of ether oxygens (including phenoxy) is 1. The molecule has 1 aromatic heterocycles. The van der Waals surface area contributed by atoms with Crippen molar-refractivity contribution in [1.29, 1.82) is 0 Å². The maximum Gasteiger partial charge on any atom is 0.239 e. The molecule has 1 fully saturated rings. The number of hydrogen-bond acceptors (Lipinski definition) is 8. The van der Waals surface area contributed by atoms with E-state index >= 15 is 0 Å². The van der Waals surface area contributed by atoms with Gasteiger partial charge >= 0.3 is 0 Å². The van der Waals surface area contributed by atoms with Crippen molar-refractivity contribution < 1.29 is 4.74 Å². The molecule has 0 radical (unpaired) electrons. The molecule has 0 unspecified atom stereocenters. The molecule has 0 saturated carbocycles. The van der Waals surface area contributed by atoms with Crippen LogP contribution in [0.2, 0.25) is 0 Å². The summed E-state index contributed by atoms with van der Waals surface area (Å²) in [6.45, 7) is 4.30. The number of benzene rings is 3. The lowest BCUT2D eigenvalue weighted by Crippen LogP contribution is -2.46. The highest BCUT2D eigenvalue weighted by molar-refractivity contribution is 5.72. The number of methoxy groups -OCH3 is 1. The van der Waals surface area contributed by atoms with E-state index < -0.39 is 0 Å². The van der Waals surface area contributed by atoms with Gasteiger partial charge in [0.2, 0.25) is 11.9 Å². The van der Waals surface area contributed by atoms with Gasteiger partial charge in [-0.1, -0.05) is 36.4 Å². The van der Waals surface area contributed by atoms with E-state index in [1.807, 2.05) is 77.7 Å². The number of nitrogen functional groups attached to an aromatic ring is 1. The first-order chi connectivity index (χ1) is 17.2. The second-order valence-electron chi connectivity index (χ2n) is 8.38. The minimum absolute atomic E-state index is 0.221. The molecule has 4 aromatic rings. The first-order valence-electron chi connectivity index (χ1n) is 11.7. The summed E-state index contributed by atoms with van der Waals surface area (Å²) in [7, 11) is 1.69. The minimum Gasteiger partial charge on any atom is -0.497 e. The van der Waals surface area contributed by atoms with Crippen LogP contribution < -0.4 is 20.3 Å². The van der Waals surface area contributed by atoms with Crippen LogP contribution in [-0.2, 0) is 6.54 Å². The summed E-state index contributed by atoms with van der Waals surface area (Å²) in [4.78, 5) is 20.5. The molecule has 0 aliphatic carbocycles. The minimum atomic E-state index is 0.221. The smallest absolute Gasteiger partial charge is 0.239 e. The second-order valence-corrected chi connectivity index (χ2v) is 8.38. The van der Waals surface area contributed by atoms with E-state index in [4.69, 9.17) is 15.5 Å². The average Bonchev–Trinajstić information content (AvgIpc) is 2.90. The lowest BCUT2D eigenvalue weighted by atomic mass is 10.2. The number of hydrogen-bond donors (Lipinski definition) is 1. The fourth-order valence-electron chi connectivity index (χ4n) is 4.29. The monoisotopic (exact) mass is 467 g/mol. The fourth-order valence-corrected chi connectivity index (χ4v) is 4.29. The van der Waals surface area contributed by atoms with Crippen LogP contribution in [0.3, 0.4) is 0 Å². The summed E-state index contributed by atoms with van der Waals surface area (Å²) < 4.78 is 5.27. The third-order valence-electron chi connectivity index (χ3n) is 6.09. The Balaban J connectivity index is 1.33. The van der Waals surface area contributed by atoms with Gasteiger partial charge in [0.05, 0.1) is 13.7 Å². The van der Waals surface area contributed by atoms with Gasteiger partial charge in [0.15, 0.2) is 0 Å². The second kappa shape index (κ2) is 10.4. The summed E-state index contributed by atoms with van der Waals surface area (Å²) in [6.07, 6.45) is 0. The standard InChI is InChI=1S/C27H29N7O/c1-35-24-14-12-21(13-15-24)33-18-16-32(17-19-33)20-25-29-26(28)31-27(30-25)34(22-8-4-2-5-9-22)23-10-6-3-7-11-23/h2-15H,16-20H2,1H3,(H2,28,29,30,31). The fraction of sp³-hybridized carbons (Fsp3) is 0.222. The molecule has 2 heterocycles. The molecule has 0 atom stereocenters. The van der Waals surface area contributed by atoms with Gasteiger partial charge in [-0.3, -0.25) is 9.80 Å². The molecule has 0 amide bonds. The van der Waals surface area contributed by atoms with E-state index in [1.165, 1.54) is 5.69 Å². The average molecular weight is 468 g/mol. The molecule has 3 aromatic carbocycles. The third kappa shape index (κ3) is 5.33. The van der Waals surface area contributed by atoms with Crippen LogP contribution in [0.1, 0.15) is 5.82 Å². The number of rotatable bonds is 7. The topological polar surface area (TPSA) is 83.6 Å². The van der Waals surface area contributed by atoms with Crippen molar-refractivity contribution >= 4 is 29.0 Å². The van der Waals surface area contributed by atoms with Gasteiger partial charge in [0, 0.05) is 43.2 Å². The Kier molecular flexibility index (Phi) is 6.72. The van der Waals surface area contributed by atoms with Gasteiger partial charge in [-0.05, 0) is 48.5 Å². The molecule has 8 nitrogen and oxygen atoms in total. The van der Waals surface area contributed by atoms with E-state index in [2.05, 4.69) is 31.9 Å². The maximum atomic E-state index is 6.15. The molecule has 35 heavy (non-hydrogen) atoms. The Morgan fingerprint density at radius 3 is 1.94 bits per heavy atom. The first-order valence-corrected chi connectivity index (χ1v) is 11.7. The van der Waals surface area contributed by atoms with E-state index in [0.29, 0.717) is 18.3 Å². The Morgan fingerprint density at radius 1 is 0.771 bits per heavy atom. The highest BCUT2D eigenvalue weighted by Crippen LogP contribution is 2.32. The van der Waals surface area contributed by atoms with Crippen molar-refractivity contribution in [1.82, 2.24) is 19.9 Å². The Labute approximate surface area is 205 Å². The molecular formula is C27H29N7O. The predicted molar refractivity (Wildman–Crippen MR) is 139 cm³/mol. The van der Waals surface area contributed by atoms with Gasteiger partial charge in [-0.15, -0.1) is 0 Å². The SMILES string of the molecule is COc1ccc(N2CCN(Cc3nc(N)nc(N(c4ccccc4)c4ccccc4)n3)CC2)cc1. The summed E-state index contributed by atoms with van der Waals surface area (Å²) in [5.74, 6) is 2.28. The number of nitrogens with zero attached hydrogens (tertiary/aromatic N) is 6. The molecule has 0 spiro atoms. The highest BCUT2D eigenvalue weighted by Gasteiger charge is 2.21. The van der Waals surface area contributed by atoms with Crippen LogP contribution in [0, 0.1) is 0 Å². The zero-order valence-electron chi connectivity index (χ0n) is 19.8. The van der Waals surface area contributed by atoms with Crippen LogP contribution in [0.15, 0.2) is 84.9 Å². The lowest BCUT2D eigenvalue weighted by Gasteiger charge is -2.35. The Morgan fingerprint density at radius 2 is 1.37 bits per heavy atom. The van der Waals surface area contributed by atoms with Crippen molar-refractivity contribution in [2.45, 2.75) is 6.54 Å². The zero-order chi connectivity index (χ0) is 24.0. The number of aromatic nitrogens is 3. The van der Waals surface area contributed by atoms with Crippen LogP contribution >= 0.6 is 0 Å². The largest absolute Gasteiger partial charge is 0.497 e. The molecule has 2 N–H and O–H groups in total. The number of anilines is 5. The van der Waals surface area contributed by atoms with Crippen molar-refractivity contribution in [3.63, 3.8) is 0 Å². The van der Waals surface area contributed by atoms with Gasteiger partial charge in [-0.2, -0.15) is 15.0 Å². The van der Waals surface area contributed by atoms with E-state index in [-0.39, 0.29) is 5.95 Å². The lowest BCUT2D eigenvalue weighted by molar-refractivity contribution is 0.244. The Hall–Kier alpha value is -4.17. The van der Waals surface area contributed by atoms with Crippen LogP contribution in [0.5, 0.6) is 5.75 Å². The van der Waals surface area contributed by atoms with Crippen LogP contribution in [0.25, 0.3) is 0 Å². The van der Waals surface area contributed by atoms with Gasteiger partial charge in [-0.25, -0.2) is 0 Å². The molecule has 1 aliphatic rings. The summed E-state index contributed by atoms with van der Waals surface area (Å²) in [5.41, 5.74) is 9.28. The maximum absolute atomic E-state index is 6.15. The Bertz CT molecular complexity index is 1190.